The van der Waals surface area contributed by atoms with E-state index in [1.54, 1.807) is 23.7 Å². The predicted molar refractivity (Wildman–Crippen MR) is 154 cm³/mol. The molecule has 3 N–H and O–H groups in total. The van der Waals surface area contributed by atoms with Gasteiger partial charge < -0.3 is 24.3 Å². The number of nitrogens with zero attached hydrogens (tertiary/aromatic N) is 1. The van der Waals surface area contributed by atoms with E-state index in [1.165, 1.54) is 31.4 Å². The summed E-state index contributed by atoms with van der Waals surface area (Å²) in [7, 11) is -2.81. The molecule has 14 heteroatoms. The van der Waals surface area contributed by atoms with Crippen LogP contribution in [0.15, 0.2) is 76.1 Å². The van der Waals surface area contributed by atoms with Gasteiger partial charge in [0.2, 0.25) is 16.8 Å². The molecule has 1 atom stereocenters. The number of hydroxylamine groups is 1. The number of amides is 2. The molecule has 0 bridgehead atoms. The van der Waals surface area contributed by atoms with Gasteiger partial charge in [-0.25, -0.2) is 18.7 Å². The Labute approximate surface area is 251 Å². The molecule has 0 radical (unpaired) electrons. The Morgan fingerprint density at radius 1 is 1.07 bits per heavy atom. The molecule has 224 valence electrons. The number of methoxy groups -OCH3 is 1. The largest absolute Gasteiger partial charge is 0.497 e. The first kappa shape index (κ1) is 31.1. The van der Waals surface area contributed by atoms with E-state index in [4.69, 9.17) is 18.9 Å². The minimum atomic E-state index is -4.27. The second kappa shape index (κ2) is 14.4. The van der Waals surface area contributed by atoms with Crippen molar-refractivity contribution in [3.8, 4) is 17.2 Å². The molecule has 1 aliphatic rings. The molecule has 0 fully saturated rings. The van der Waals surface area contributed by atoms with Crippen LogP contribution in [0.3, 0.4) is 0 Å². The lowest BCUT2D eigenvalue weighted by molar-refractivity contribution is -0.133. The van der Waals surface area contributed by atoms with E-state index in [1.807, 2.05) is 24.3 Å². The Morgan fingerprint density at radius 3 is 2.52 bits per heavy atom. The van der Waals surface area contributed by atoms with Crippen LogP contribution >= 0.6 is 15.9 Å². The third kappa shape index (κ3) is 7.70. The standard InChI is InChI=1S/C28H30BrN3O9S/c1-38-21-9-11-22(12-10-21)42(36,37)32(16-19-8-13-25-26(15-19)41-18-40-25)24(27(33)31-35)7-4-14-30-28(34)39-17-20-5-2-3-6-23(20)29/h2-3,5-6,8-13,15,24,35H,4,7,14,16-18H2,1H3,(H,30,34)(H,31,33)/t24-/m1/s1. The Balaban J connectivity index is 1.50. The molecule has 3 aromatic rings. The number of nitrogens with one attached hydrogen (secondary N) is 2. The van der Waals surface area contributed by atoms with Gasteiger partial charge in [0.15, 0.2) is 11.5 Å². The van der Waals surface area contributed by atoms with Crippen LogP contribution in [0, 0.1) is 0 Å². The zero-order valence-electron chi connectivity index (χ0n) is 22.6. The SMILES string of the molecule is COc1ccc(S(=O)(=O)N(Cc2ccc3c(c2)OCO3)[C@H](CCCNC(=O)OCc2ccccc2Br)C(=O)NO)cc1. The molecule has 2 amide bonds. The van der Waals surface area contributed by atoms with Crippen molar-refractivity contribution in [3.05, 3.63) is 82.3 Å². The summed E-state index contributed by atoms with van der Waals surface area (Å²) in [4.78, 5) is 25.0. The molecule has 0 saturated heterocycles. The quantitative estimate of drug-likeness (QED) is 0.140. The molecule has 0 saturated carbocycles. The normalized spacial score (nSPS) is 13.0. The fourth-order valence-corrected chi connectivity index (χ4v) is 6.25. The van der Waals surface area contributed by atoms with E-state index in [0.717, 1.165) is 14.3 Å². The van der Waals surface area contributed by atoms with Crippen molar-refractivity contribution < 1.29 is 42.2 Å². The summed E-state index contributed by atoms with van der Waals surface area (Å²) >= 11 is 3.40. The van der Waals surface area contributed by atoms with E-state index in [2.05, 4.69) is 21.2 Å². The van der Waals surface area contributed by atoms with E-state index in [9.17, 15) is 23.2 Å². The Bertz CT molecular complexity index is 1500. The number of carbonyl (C=O) groups is 2. The highest BCUT2D eigenvalue weighted by atomic mass is 79.9. The number of rotatable bonds is 13. The zero-order chi connectivity index (χ0) is 30.1. The number of benzene rings is 3. The molecular formula is C28H30BrN3O9S. The molecule has 0 unspecified atom stereocenters. The predicted octanol–water partition coefficient (Wildman–Crippen LogP) is 3.96. The summed E-state index contributed by atoms with van der Waals surface area (Å²) in [6.45, 7) is -0.0403. The maximum absolute atomic E-state index is 13.9. The number of alkyl carbamates (subject to hydrolysis) is 1. The third-order valence-electron chi connectivity index (χ3n) is 6.44. The molecule has 12 nitrogen and oxygen atoms in total. The molecule has 4 rings (SSSR count). The van der Waals surface area contributed by atoms with Crippen molar-refractivity contribution in [1.82, 2.24) is 15.1 Å². The van der Waals surface area contributed by atoms with Crippen LogP contribution in [-0.2, 0) is 32.7 Å². The van der Waals surface area contributed by atoms with Crippen molar-refractivity contribution >= 4 is 38.0 Å². The number of ether oxygens (including phenoxy) is 4. The molecule has 0 aliphatic carbocycles. The van der Waals surface area contributed by atoms with Gasteiger partial charge in [0, 0.05) is 23.1 Å². The Morgan fingerprint density at radius 2 is 1.81 bits per heavy atom. The Hall–Kier alpha value is -3.85. The minimum Gasteiger partial charge on any atom is -0.497 e. The van der Waals surface area contributed by atoms with E-state index in [0.29, 0.717) is 22.8 Å². The van der Waals surface area contributed by atoms with Gasteiger partial charge in [0.25, 0.3) is 5.91 Å². The van der Waals surface area contributed by atoms with Crippen molar-refractivity contribution in [1.29, 1.82) is 0 Å². The molecule has 1 aliphatic heterocycles. The fourth-order valence-electron chi connectivity index (χ4n) is 4.24. The average molecular weight is 665 g/mol. The second-order valence-electron chi connectivity index (χ2n) is 9.14. The highest BCUT2D eigenvalue weighted by molar-refractivity contribution is 9.10. The van der Waals surface area contributed by atoms with Gasteiger partial charge in [-0.15, -0.1) is 0 Å². The smallest absolute Gasteiger partial charge is 0.407 e. The fraction of sp³-hybridized carbons (Fsp3) is 0.286. The van der Waals surface area contributed by atoms with E-state index in [-0.39, 0.29) is 44.2 Å². The first-order valence-electron chi connectivity index (χ1n) is 12.9. The van der Waals surface area contributed by atoms with Crippen LogP contribution < -0.4 is 25.0 Å². The molecule has 3 aromatic carbocycles. The van der Waals surface area contributed by atoms with Crippen LogP contribution in [0.25, 0.3) is 0 Å². The number of hydrogen-bond acceptors (Lipinski definition) is 9. The first-order chi connectivity index (χ1) is 20.2. The molecular weight excluding hydrogens is 634 g/mol. The van der Waals surface area contributed by atoms with Gasteiger partial charge in [-0.05, 0) is 60.9 Å². The molecule has 1 heterocycles. The lowest BCUT2D eigenvalue weighted by Gasteiger charge is -2.30. The molecule has 0 spiro atoms. The lowest BCUT2D eigenvalue weighted by Crippen LogP contribution is -2.48. The van der Waals surface area contributed by atoms with E-state index >= 15 is 0 Å². The molecule has 0 aromatic heterocycles. The number of fused-ring (bicyclic) bond motifs is 1. The minimum absolute atomic E-state index is 0.0309. The van der Waals surface area contributed by atoms with Gasteiger partial charge in [-0.3, -0.25) is 10.0 Å². The third-order valence-corrected chi connectivity index (χ3v) is 9.08. The number of sulfonamides is 1. The maximum atomic E-state index is 13.9. The van der Waals surface area contributed by atoms with Crippen molar-refractivity contribution in [3.63, 3.8) is 0 Å². The Kier molecular flexibility index (Phi) is 10.6. The van der Waals surface area contributed by atoms with Gasteiger partial charge in [-0.2, -0.15) is 4.31 Å². The van der Waals surface area contributed by atoms with Crippen molar-refractivity contribution in [2.75, 3.05) is 20.4 Å². The van der Waals surface area contributed by atoms with Gasteiger partial charge in [0.1, 0.15) is 18.4 Å². The van der Waals surface area contributed by atoms with Crippen LogP contribution in [0.2, 0.25) is 0 Å². The van der Waals surface area contributed by atoms with Gasteiger partial charge in [0.05, 0.1) is 12.0 Å². The lowest BCUT2D eigenvalue weighted by atomic mass is 10.1. The summed E-state index contributed by atoms with van der Waals surface area (Å²) < 4.78 is 50.7. The number of carbonyl (C=O) groups excluding carboxylic acids is 2. The first-order valence-corrected chi connectivity index (χ1v) is 15.1. The topological polar surface area (TPSA) is 153 Å². The van der Waals surface area contributed by atoms with Crippen molar-refractivity contribution in [2.24, 2.45) is 0 Å². The summed E-state index contributed by atoms with van der Waals surface area (Å²) in [5, 5.41) is 12.1. The zero-order valence-corrected chi connectivity index (χ0v) is 25.0. The van der Waals surface area contributed by atoms with Gasteiger partial charge in [-0.1, -0.05) is 40.2 Å². The summed E-state index contributed by atoms with van der Waals surface area (Å²) in [6, 6.07) is 16.7. The van der Waals surface area contributed by atoms with Crippen LogP contribution in [0.1, 0.15) is 24.0 Å². The van der Waals surface area contributed by atoms with Crippen LogP contribution in [-0.4, -0.2) is 56.4 Å². The number of halogens is 1. The summed E-state index contributed by atoms with van der Waals surface area (Å²) in [6.07, 6.45) is -0.508. The van der Waals surface area contributed by atoms with Gasteiger partial charge >= 0.3 is 6.09 Å². The highest BCUT2D eigenvalue weighted by Crippen LogP contribution is 2.34. The average Bonchev–Trinajstić information content (AvgIpc) is 3.47. The highest BCUT2D eigenvalue weighted by Gasteiger charge is 2.36. The van der Waals surface area contributed by atoms with E-state index < -0.39 is 28.1 Å². The molecule has 42 heavy (non-hydrogen) atoms. The van der Waals surface area contributed by atoms with Crippen LogP contribution in [0.4, 0.5) is 4.79 Å². The van der Waals surface area contributed by atoms with Crippen molar-refractivity contribution in [2.45, 2.75) is 36.9 Å². The van der Waals surface area contributed by atoms with Crippen LogP contribution in [0.5, 0.6) is 17.2 Å². The summed E-state index contributed by atoms with van der Waals surface area (Å²) in [5.74, 6) is 0.496. The number of hydrogen-bond donors (Lipinski definition) is 3. The summed E-state index contributed by atoms with van der Waals surface area (Å²) in [5.41, 5.74) is 2.90. The maximum Gasteiger partial charge on any atom is 0.407 e. The monoisotopic (exact) mass is 663 g/mol. The second-order valence-corrected chi connectivity index (χ2v) is 11.9.